The number of rotatable bonds is 6. The van der Waals surface area contributed by atoms with E-state index in [9.17, 15) is 13.2 Å². The zero-order chi connectivity index (χ0) is 20.6. The monoisotopic (exact) mass is 423 g/mol. The van der Waals surface area contributed by atoms with Crippen LogP contribution in [-0.2, 0) is 20.8 Å². The molecule has 3 heterocycles. The van der Waals surface area contributed by atoms with E-state index in [-0.39, 0.29) is 5.60 Å². The molecule has 1 spiro atoms. The predicted octanol–water partition coefficient (Wildman–Crippen LogP) is 4.18. The number of alkyl halides is 3. The van der Waals surface area contributed by atoms with Gasteiger partial charge >= 0.3 is 12.1 Å². The summed E-state index contributed by atoms with van der Waals surface area (Å²) in [6.07, 6.45) is -0.322. The average Bonchev–Trinajstić information content (AvgIpc) is 3.28. The molecule has 0 amide bonds. The molecule has 0 radical (unpaired) electrons. The Kier molecular flexibility index (Phi) is 8.73. The van der Waals surface area contributed by atoms with Crippen molar-refractivity contribution in [2.75, 3.05) is 32.9 Å². The Bertz CT molecular complexity index is 586. The maximum absolute atomic E-state index is 10.6. The van der Waals surface area contributed by atoms with Crippen LogP contribution in [0.15, 0.2) is 16.8 Å². The van der Waals surface area contributed by atoms with Crippen LogP contribution in [0.3, 0.4) is 0 Å². The van der Waals surface area contributed by atoms with Gasteiger partial charge in [-0.1, -0.05) is 0 Å². The van der Waals surface area contributed by atoms with Crippen molar-refractivity contribution in [2.24, 2.45) is 5.92 Å². The second-order valence-electron chi connectivity index (χ2n) is 7.10. The van der Waals surface area contributed by atoms with E-state index < -0.39 is 12.1 Å². The summed E-state index contributed by atoms with van der Waals surface area (Å²) in [7, 11) is 0. The molecule has 1 aromatic heterocycles. The summed E-state index contributed by atoms with van der Waals surface area (Å²) >= 11 is 1.79. The van der Waals surface area contributed by atoms with Crippen molar-refractivity contribution in [3.05, 3.63) is 22.4 Å². The van der Waals surface area contributed by atoms with Crippen LogP contribution in [-0.4, -0.2) is 60.7 Å². The number of piperidine rings is 1. The molecule has 28 heavy (non-hydrogen) atoms. The fraction of sp³-hybridized carbons (Fsp3) is 0.737. The topological polar surface area (TPSA) is 59.0 Å². The van der Waals surface area contributed by atoms with Gasteiger partial charge in [-0.3, -0.25) is 4.90 Å². The van der Waals surface area contributed by atoms with Gasteiger partial charge in [0.05, 0.1) is 5.60 Å². The first-order valence-electron chi connectivity index (χ1n) is 9.52. The zero-order valence-corrected chi connectivity index (χ0v) is 16.9. The minimum Gasteiger partial charge on any atom is -0.475 e. The summed E-state index contributed by atoms with van der Waals surface area (Å²) in [6.45, 7) is 8.18. The third-order valence-electron chi connectivity index (χ3n) is 5.35. The van der Waals surface area contributed by atoms with Gasteiger partial charge in [0.1, 0.15) is 0 Å². The number of hydrogen-bond donors (Lipinski definition) is 1. The summed E-state index contributed by atoms with van der Waals surface area (Å²) in [5.41, 5.74) is 1.61. The Balaban J connectivity index is 0.000000345. The van der Waals surface area contributed by atoms with Crippen molar-refractivity contribution < 1.29 is 32.5 Å². The normalized spacial score (nSPS) is 22.1. The number of likely N-dealkylation sites (tertiary alicyclic amines) is 1. The quantitative estimate of drug-likeness (QED) is 0.696. The van der Waals surface area contributed by atoms with Gasteiger partial charge in [0, 0.05) is 39.5 Å². The van der Waals surface area contributed by atoms with Gasteiger partial charge in [0.2, 0.25) is 0 Å². The van der Waals surface area contributed by atoms with Crippen molar-refractivity contribution in [1.29, 1.82) is 0 Å². The highest BCUT2D eigenvalue weighted by atomic mass is 32.1. The molecule has 2 aliphatic rings. The van der Waals surface area contributed by atoms with Crippen LogP contribution < -0.4 is 0 Å². The summed E-state index contributed by atoms with van der Waals surface area (Å²) in [5.74, 6) is -2.06. The first-order chi connectivity index (χ1) is 13.3. The summed E-state index contributed by atoms with van der Waals surface area (Å²) < 4.78 is 43.5. The SMILES string of the molecule is CCOCCC1CCOC12CCN(Cc1ccsc1)CC2.O=C(O)C(F)(F)F. The van der Waals surface area contributed by atoms with Crippen molar-refractivity contribution in [2.45, 2.75) is 50.9 Å². The molecular formula is C19H28F3NO4S. The maximum atomic E-state index is 10.6. The number of ether oxygens (including phenoxy) is 2. The predicted molar refractivity (Wildman–Crippen MR) is 100 cm³/mol. The number of halogens is 3. The molecular weight excluding hydrogens is 395 g/mol. The second-order valence-corrected chi connectivity index (χ2v) is 7.88. The van der Waals surface area contributed by atoms with Gasteiger partial charge in [0.25, 0.3) is 0 Å². The molecule has 2 fully saturated rings. The molecule has 0 saturated carbocycles. The van der Waals surface area contributed by atoms with Crippen molar-refractivity contribution in [1.82, 2.24) is 4.90 Å². The highest BCUT2D eigenvalue weighted by Crippen LogP contribution is 2.42. The average molecular weight is 423 g/mol. The van der Waals surface area contributed by atoms with Crippen LogP contribution in [0.25, 0.3) is 0 Å². The van der Waals surface area contributed by atoms with E-state index in [1.54, 1.807) is 11.3 Å². The molecule has 160 valence electrons. The van der Waals surface area contributed by atoms with Gasteiger partial charge in [-0.25, -0.2) is 4.79 Å². The minimum atomic E-state index is -5.08. The first kappa shape index (κ1) is 23.1. The number of carboxylic acids is 1. The molecule has 2 saturated heterocycles. The molecule has 9 heteroatoms. The Labute approximate surface area is 167 Å². The molecule has 3 rings (SSSR count). The van der Waals surface area contributed by atoms with Gasteiger partial charge in [-0.2, -0.15) is 24.5 Å². The molecule has 1 unspecified atom stereocenters. The van der Waals surface area contributed by atoms with E-state index >= 15 is 0 Å². The summed E-state index contributed by atoms with van der Waals surface area (Å²) in [6, 6.07) is 2.24. The van der Waals surface area contributed by atoms with Crippen LogP contribution in [0.2, 0.25) is 0 Å². The maximum Gasteiger partial charge on any atom is 0.490 e. The van der Waals surface area contributed by atoms with Crippen LogP contribution >= 0.6 is 11.3 Å². The van der Waals surface area contributed by atoms with E-state index in [0.29, 0.717) is 5.92 Å². The van der Waals surface area contributed by atoms with Gasteiger partial charge < -0.3 is 14.6 Å². The number of hydrogen-bond acceptors (Lipinski definition) is 5. The number of aliphatic carboxylic acids is 1. The standard InChI is InChI=1S/C17H27NO2S.C2HF3O2/c1-2-19-10-3-16-4-11-20-17(16)6-8-18(9-7-17)13-15-5-12-21-14-15;3-2(4,5)1(6)7/h5,12,14,16H,2-4,6-11,13H2,1H3;(H,6,7). The lowest BCUT2D eigenvalue weighted by Gasteiger charge is -2.42. The Morgan fingerprint density at radius 1 is 1.43 bits per heavy atom. The molecule has 1 N–H and O–H groups in total. The lowest BCUT2D eigenvalue weighted by atomic mass is 9.78. The van der Waals surface area contributed by atoms with Gasteiger partial charge in [-0.15, -0.1) is 0 Å². The molecule has 0 aromatic carbocycles. The molecule has 5 nitrogen and oxygen atoms in total. The van der Waals surface area contributed by atoms with Crippen molar-refractivity contribution >= 4 is 17.3 Å². The second kappa shape index (κ2) is 10.6. The van der Waals surface area contributed by atoms with E-state index in [1.807, 2.05) is 0 Å². The first-order valence-corrected chi connectivity index (χ1v) is 10.5. The molecule has 1 atom stereocenters. The van der Waals surface area contributed by atoms with E-state index in [0.717, 1.165) is 26.4 Å². The van der Waals surface area contributed by atoms with E-state index in [2.05, 4.69) is 28.7 Å². The summed E-state index contributed by atoms with van der Waals surface area (Å²) in [5, 5.41) is 11.6. The van der Waals surface area contributed by atoms with Crippen LogP contribution in [0.4, 0.5) is 13.2 Å². The van der Waals surface area contributed by atoms with Crippen molar-refractivity contribution in [3.63, 3.8) is 0 Å². The zero-order valence-electron chi connectivity index (χ0n) is 16.0. The lowest BCUT2D eigenvalue weighted by Crippen LogP contribution is -2.47. The molecule has 2 aliphatic heterocycles. The highest BCUT2D eigenvalue weighted by Gasteiger charge is 2.45. The Hall–Kier alpha value is -1.16. The fourth-order valence-corrected chi connectivity index (χ4v) is 4.51. The lowest BCUT2D eigenvalue weighted by molar-refractivity contribution is -0.192. The molecule has 1 aromatic rings. The number of carboxylic acid groups (broad SMARTS) is 1. The van der Waals surface area contributed by atoms with E-state index in [1.165, 1.54) is 44.3 Å². The van der Waals surface area contributed by atoms with Crippen LogP contribution in [0.5, 0.6) is 0 Å². The number of nitrogens with zero attached hydrogens (tertiary/aromatic N) is 1. The third-order valence-corrected chi connectivity index (χ3v) is 6.08. The molecule has 0 aliphatic carbocycles. The fourth-order valence-electron chi connectivity index (χ4n) is 3.85. The van der Waals surface area contributed by atoms with Gasteiger partial charge in [-0.05, 0) is 60.9 Å². The summed E-state index contributed by atoms with van der Waals surface area (Å²) in [4.78, 5) is 11.5. The van der Waals surface area contributed by atoms with E-state index in [4.69, 9.17) is 19.4 Å². The largest absolute Gasteiger partial charge is 0.490 e. The smallest absolute Gasteiger partial charge is 0.475 e. The van der Waals surface area contributed by atoms with Crippen LogP contribution in [0.1, 0.15) is 38.2 Å². The molecule has 0 bridgehead atoms. The third kappa shape index (κ3) is 6.72. The Morgan fingerprint density at radius 3 is 2.64 bits per heavy atom. The van der Waals surface area contributed by atoms with Crippen molar-refractivity contribution in [3.8, 4) is 0 Å². The number of carbonyl (C=O) groups is 1. The Morgan fingerprint density at radius 2 is 2.11 bits per heavy atom. The van der Waals surface area contributed by atoms with Gasteiger partial charge in [0.15, 0.2) is 0 Å². The van der Waals surface area contributed by atoms with Crippen LogP contribution in [0, 0.1) is 5.92 Å². The minimum absolute atomic E-state index is 0.155. The number of thiophene rings is 1. The highest BCUT2D eigenvalue weighted by molar-refractivity contribution is 7.07.